The van der Waals surface area contributed by atoms with Crippen molar-refractivity contribution in [1.82, 2.24) is 4.98 Å². The fourth-order valence-corrected chi connectivity index (χ4v) is 1.32. The fourth-order valence-electron chi connectivity index (χ4n) is 0.901. The van der Waals surface area contributed by atoms with Gasteiger partial charge in [0, 0.05) is 6.20 Å². The van der Waals surface area contributed by atoms with E-state index >= 15 is 0 Å². The van der Waals surface area contributed by atoms with Crippen LogP contribution in [-0.2, 0) is 10.3 Å². The van der Waals surface area contributed by atoms with Crippen LogP contribution in [0.5, 0.6) is 0 Å². The zero-order valence-corrected chi connectivity index (χ0v) is 6.61. The average Bonchev–Trinajstić information content (AvgIpc) is 2.47. The van der Waals surface area contributed by atoms with Crippen LogP contribution in [0.1, 0.15) is 5.69 Å². The van der Waals surface area contributed by atoms with E-state index in [2.05, 4.69) is 15.2 Å². The van der Waals surface area contributed by atoms with Gasteiger partial charge in [-0.25, -0.2) is 0 Å². The van der Waals surface area contributed by atoms with Gasteiger partial charge in [-0.05, 0) is 12.1 Å². The number of hydrogen-bond donors (Lipinski definition) is 0. The summed E-state index contributed by atoms with van der Waals surface area (Å²) in [6.07, 6.45) is 1.50. The van der Waals surface area contributed by atoms with Crippen molar-refractivity contribution < 1.29 is 8.42 Å². The maximum Gasteiger partial charge on any atom is 0.244 e. The zero-order chi connectivity index (χ0) is 8.55. The van der Waals surface area contributed by atoms with Gasteiger partial charge in [0.15, 0.2) is 0 Å². The van der Waals surface area contributed by atoms with E-state index < -0.39 is 10.3 Å². The summed E-state index contributed by atoms with van der Waals surface area (Å²) in [7, 11) is -2.36. The van der Waals surface area contributed by atoms with Crippen molar-refractivity contribution in [3.05, 3.63) is 24.0 Å². The van der Waals surface area contributed by atoms with Crippen LogP contribution in [0.25, 0.3) is 0 Å². The highest BCUT2D eigenvalue weighted by molar-refractivity contribution is 7.73. The monoisotopic (exact) mass is 181 g/mol. The van der Waals surface area contributed by atoms with Gasteiger partial charge in [0.2, 0.25) is 15.3 Å². The first-order valence-electron chi connectivity index (χ1n) is 3.12. The first-order valence-corrected chi connectivity index (χ1v) is 4.20. The lowest BCUT2D eigenvalue weighted by atomic mass is 10.3. The molecule has 0 bridgehead atoms. The molecule has 1 aromatic heterocycles. The van der Waals surface area contributed by atoms with Gasteiger partial charge < -0.3 is 0 Å². The number of hydrogen-bond acceptors (Lipinski definition) is 4. The molecule has 2 heterocycles. The third kappa shape index (κ3) is 0.928. The predicted octanol–water partition coefficient (Wildman–Crippen LogP) is 0.536. The third-order valence-electron chi connectivity index (χ3n) is 1.40. The number of fused-ring (bicyclic) bond motifs is 1. The van der Waals surface area contributed by atoms with Gasteiger partial charge in [-0.3, -0.25) is 4.98 Å². The first kappa shape index (κ1) is 7.11. The Hall–Kier alpha value is -1.56. The van der Waals surface area contributed by atoms with Crippen LogP contribution in [0.2, 0.25) is 0 Å². The van der Waals surface area contributed by atoms with Gasteiger partial charge in [-0.15, -0.1) is 10.2 Å². The first-order chi connectivity index (χ1) is 5.79. The number of rotatable bonds is 0. The molecule has 2 rings (SSSR count). The smallest absolute Gasteiger partial charge is 0.244 e. The van der Waals surface area contributed by atoms with Crippen LogP contribution in [0, 0.1) is 0 Å². The maximum atomic E-state index is 10.5. The van der Waals surface area contributed by atoms with E-state index in [4.69, 9.17) is 0 Å². The van der Waals surface area contributed by atoms with Crippen LogP contribution in [0.4, 0.5) is 5.69 Å². The molecule has 60 valence electrons. The third-order valence-corrected chi connectivity index (χ3v) is 1.99. The second-order valence-corrected chi connectivity index (χ2v) is 2.97. The molecule has 0 N–H and O–H groups in total. The molecular formula is C6H3N3O2S. The Labute approximate surface area is 69.3 Å². The van der Waals surface area contributed by atoms with Gasteiger partial charge in [-0.2, -0.15) is 8.42 Å². The summed E-state index contributed by atoms with van der Waals surface area (Å²) in [6.45, 7) is 0. The molecule has 1 aromatic rings. The Balaban J connectivity index is 2.81. The summed E-state index contributed by atoms with van der Waals surface area (Å²) in [4.78, 5) is 3.75. The van der Waals surface area contributed by atoms with Crippen LogP contribution in [0.15, 0.2) is 28.6 Å². The Bertz CT molecular complexity index is 481. The zero-order valence-electron chi connectivity index (χ0n) is 5.80. The van der Waals surface area contributed by atoms with Gasteiger partial charge >= 0.3 is 0 Å². The molecule has 0 aromatic carbocycles. The molecular weight excluding hydrogens is 178 g/mol. The van der Waals surface area contributed by atoms with E-state index in [-0.39, 0.29) is 4.99 Å². The highest BCUT2D eigenvalue weighted by Crippen LogP contribution is 2.23. The molecule has 0 atom stereocenters. The van der Waals surface area contributed by atoms with Crippen molar-refractivity contribution in [1.29, 1.82) is 0 Å². The highest BCUT2D eigenvalue weighted by atomic mass is 32.2. The molecule has 1 aliphatic rings. The van der Waals surface area contributed by atoms with Gasteiger partial charge in [0.1, 0.15) is 11.4 Å². The van der Waals surface area contributed by atoms with Crippen LogP contribution >= 0.6 is 0 Å². The molecule has 0 aliphatic carbocycles. The van der Waals surface area contributed by atoms with E-state index in [1.807, 2.05) is 0 Å². The molecule has 0 amide bonds. The van der Waals surface area contributed by atoms with Gasteiger partial charge in [-0.1, -0.05) is 0 Å². The van der Waals surface area contributed by atoms with E-state index in [1.165, 1.54) is 6.20 Å². The maximum absolute atomic E-state index is 10.5. The van der Waals surface area contributed by atoms with Crippen LogP contribution < -0.4 is 0 Å². The Kier molecular flexibility index (Phi) is 1.47. The van der Waals surface area contributed by atoms with Crippen molar-refractivity contribution in [2.45, 2.75) is 0 Å². The average molecular weight is 181 g/mol. The normalized spacial score (nSPS) is 13.2. The molecule has 0 spiro atoms. The van der Waals surface area contributed by atoms with Crippen molar-refractivity contribution in [2.24, 2.45) is 10.2 Å². The summed E-state index contributed by atoms with van der Waals surface area (Å²) < 4.78 is 21.1. The highest BCUT2D eigenvalue weighted by Gasteiger charge is 2.17. The van der Waals surface area contributed by atoms with Crippen LogP contribution in [-0.4, -0.2) is 18.4 Å². The van der Waals surface area contributed by atoms with Gasteiger partial charge in [0.05, 0.1) is 0 Å². The minimum absolute atomic E-state index is 0.0920. The molecule has 0 radical (unpaired) electrons. The topological polar surface area (TPSA) is 71.8 Å². The van der Waals surface area contributed by atoms with Gasteiger partial charge in [0.25, 0.3) is 0 Å². The lowest BCUT2D eigenvalue weighted by Crippen LogP contribution is -1.96. The minimum atomic E-state index is -2.36. The van der Waals surface area contributed by atoms with Crippen molar-refractivity contribution in [2.75, 3.05) is 0 Å². The largest absolute Gasteiger partial charge is 0.251 e. The predicted molar refractivity (Wildman–Crippen MR) is 41.8 cm³/mol. The molecule has 5 nitrogen and oxygen atoms in total. The Morgan fingerprint density at radius 3 is 2.83 bits per heavy atom. The van der Waals surface area contributed by atoms with Crippen molar-refractivity contribution in [3.8, 4) is 0 Å². The summed E-state index contributed by atoms with van der Waals surface area (Å²) in [5, 5.41) is 7.10. The minimum Gasteiger partial charge on any atom is -0.251 e. The summed E-state index contributed by atoms with van der Waals surface area (Å²) in [6, 6.07) is 3.33. The lowest BCUT2D eigenvalue weighted by Gasteiger charge is -1.88. The van der Waals surface area contributed by atoms with Crippen LogP contribution in [0.3, 0.4) is 0 Å². The van der Waals surface area contributed by atoms with E-state index in [0.717, 1.165) is 0 Å². The molecule has 0 fully saturated rings. The van der Waals surface area contributed by atoms with E-state index in [9.17, 15) is 8.42 Å². The lowest BCUT2D eigenvalue weighted by molar-refractivity contribution is 0.627. The van der Waals surface area contributed by atoms with Crippen molar-refractivity contribution >= 4 is 21.0 Å². The molecule has 0 saturated heterocycles. The molecule has 12 heavy (non-hydrogen) atoms. The molecule has 0 unspecified atom stereocenters. The number of azo groups is 1. The summed E-state index contributed by atoms with van der Waals surface area (Å²) >= 11 is 0. The second kappa shape index (κ2) is 2.49. The standard InChI is InChI=1S/C6H3N3O2S/c10-12(11)6-5-4(8-9-6)2-1-3-7-5/h1-3H. The molecule has 6 heteroatoms. The number of pyridine rings is 1. The van der Waals surface area contributed by atoms with Crippen molar-refractivity contribution in [3.63, 3.8) is 0 Å². The number of nitrogens with zero attached hydrogens (tertiary/aromatic N) is 3. The fraction of sp³-hybridized carbons (Fsp3) is 0. The van der Waals surface area contributed by atoms with E-state index in [0.29, 0.717) is 11.4 Å². The number of aromatic nitrogens is 1. The molecule has 1 aliphatic heterocycles. The Morgan fingerprint density at radius 2 is 2.08 bits per heavy atom. The Morgan fingerprint density at radius 1 is 1.25 bits per heavy atom. The van der Waals surface area contributed by atoms with E-state index in [1.54, 1.807) is 12.1 Å². The second-order valence-electron chi connectivity index (χ2n) is 2.11. The quantitative estimate of drug-likeness (QED) is 0.548. The molecule has 0 saturated carbocycles. The SMILES string of the molecule is O=S(=O)=C1N=Nc2cccnc21. The summed E-state index contributed by atoms with van der Waals surface area (Å²) in [5.41, 5.74) is 0.822. The summed E-state index contributed by atoms with van der Waals surface area (Å²) in [5.74, 6) is 0.